The summed E-state index contributed by atoms with van der Waals surface area (Å²) in [5.41, 5.74) is 2.73. The Hall–Kier alpha value is -3.12. The van der Waals surface area contributed by atoms with Crippen LogP contribution in [0.2, 0.25) is 0 Å². The third kappa shape index (κ3) is 3.19. The largest absolute Gasteiger partial charge is 0.497 e. The van der Waals surface area contributed by atoms with Crippen molar-refractivity contribution in [1.82, 2.24) is 9.97 Å². The summed E-state index contributed by atoms with van der Waals surface area (Å²) in [4.78, 5) is 20.9. The number of thiophene rings is 1. The number of anilines is 1. The van der Waals surface area contributed by atoms with E-state index in [0.717, 1.165) is 27.4 Å². The van der Waals surface area contributed by atoms with Gasteiger partial charge in [0.1, 0.15) is 16.4 Å². The molecule has 0 aliphatic rings. The summed E-state index contributed by atoms with van der Waals surface area (Å²) in [7, 11) is 1.63. The summed E-state index contributed by atoms with van der Waals surface area (Å²) in [5.74, 6) is 1.41. The average Bonchev–Trinajstić information content (AvgIpc) is 3.12. The van der Waals surface area contributed by atoms with E-state index in [4.69, 9.17) is 4.74 Å². The van der Waals surface area contributed by atoms with Crippen molar-refractivity contribution in [2.45, 2.75) is 6.54 Å². The summed E-state index contributed by atoms with van der Waals surface area (Å²) < 4.78 is 5.19. The molecule has 5 nitrogen and oxygen atoms in total. The van der Waals surface area contributed by atoms with Crippen LogP contribution in [0.15, 0.2) is 64.8 Å². The second-order valence-electron chi connectivity index (χ2n) is 5.79. The topological polar surface area (TPSA) is 67.0 Å². The van der Waals surface area contributed by atoms with Crippen LogP contribution in [0.4, 0.5) is 5.69 Å². The van der Waals surface area contributed by atoms with Gasteiger partial charge < -0.3 is 15.0 Å². The van der Waals surface area contributed by atoms with E-state index in [2.05, 4.69) is 15.3 Å². The van der Waals surface area contributed by atoms with Gasteiger partial charge in [0.25, 0.3) is 5.56 Å². The van der Waals surface area contributed by atoms with Gasteiger partial charge in [0.2, 0.25) is 0 Å². The van der Waals surface area contributed by atoms with Crippen molar-refractivity contribution in [2.75, 3.05) is 12.4 Å². The predicted octanol–water partition coefficient (Wildman–Crippen LogP) is 4.27. The maximum absolute atomic E-state index is 12.6. The van der Waals surface area contributed by atoms with Gasteiger partial charge in [0.05, 0.1) is 19.0 Å². The van der Waals surface area contributed by atoms with E-state index < -0.39 is 0 Å². The number of ether oxygens (including phenoxy) is 1. The van der Waals surface area contributed by atoms with Crippen LogP contribution in [0.25, 0.3) is 21.3 Å². The van der Waals surface area contributed by atoms with Crippen LogP contribution in [0, 0.1) is 0 Å². The van der Waals surface area contributed by atoms with E-state index in [1.54, 1.807) is 7.11 Å². The molecule has 0 aliphatic heterocycles. The minimum Gasteiger partial charge on any atom is -0.497 e. The molecule has 130 valence electrons. The highest BCUT2D eigenvalue weighted by Crippen LogP contribution is 2.31. The first kappa shape index (κ1) is 16.4. The van der Waals surface area contributed by atoms with Crippen LogP contribution in [-0.2, 0) is 6.54 Å². The molecule has 0 spiro atoms. The van der Waals surface area contributed by atoms with Crippen LogP contribution >= 0.6 is 11.3 Å². The predicted molar refractivity (Wildman–Crippen MR) is 106 cm³/mol. The second kappa shape index (κ2) is 7.01. The number of aromatic amines is 1. The van der Waals surface area contributed by atoms with Crippen LogP contribution in [0.1, 0.15) is 5.82 Å². The van der Waals surface area contributed by atoms with E-state index in [0.29, 0.717) is 17.8 Å². The van der Waals surface area contributed by atoms with E-state index in [1.807, 2.05) is 60.0 Å². The molecule has 2 aromatic heterocycles. The first-order valence-electron chi connectivity index (χ1n) is 8.18. The lowest BCUT2D eigenvalue weighted by Crippen LogP contribution is -2.14. The molecule has 0 saturated heterocycles. The number of benzene rings is 2. The molecule has 0 amide bonds. The van der Waals surface area contributed by atoms with Crippen LogP contribution in [0.3, 0.4) is 0 Å². The van der Waals surface area contributed by atoms with Crippen LogP contribution in [-0.4, -0.2) is 17.1 Å². The smallest absolute Gasteiger partial charge is 0.260 e. The number of nitrogens with one attached hydrogen (secondary N) is 2. The molecule has 0 radical (unpaired) electrons. The second-order valence-corrected chi connectivity index (χ2v) is 6.65. The molecule has 0 aliphatic carbocycles. The standard InChI is InChI=1S/C20H17N3O2S/c1-25-15-9-7-13(8-10-15)16-12-26-20-18(16)19(24)22-17(23-20)11-21-14-5-3-2-4-6-14/h2-10,12,21H,11H2,1H3,(H,22,23,24). The number of aromatic nitrogens is 2. The summed E-state index contributed by atoms with van der Waals surface area (Å²) in [6, 6.07) is 17.5. The van der Waals surface area contributed by atoms with Crippen molar-refractivity contribution in [3.8, 4) is 16.9 Å². The van der Waals surface area contributed by atoms with Gasteiger partial charge in [0, 0.05) is 16.6 Å². The van der Waals surface area contributed by atoms with Crippen molar-refractivity contribution >= 4 is 27.2 Å². The summed E-state index contributed by atoms with van der Waals surface area (Å²) in [5, 5.41) is 5.87. The molecule has 2 N–H and O–H groups in total. The molecule has 26 heavy (non-hydrogen) atoms. The lowest BCUT2D eigenvalue weighted by Gasteiger charge is -2.06. The van der Waals surface area contributed by atoms with Crippen molar-refractivity contribution in [2.24, 2.45) is 0 Å². The Balaban J connectivity index is 1.65. The number of fused-ring (bicyclic) bond motifs is 1. The first-order chi connectivity index (χ1) is 12.7. The third-order valence-electron chi connectivity index (χ3n) is 4.13. The maximum Gasteiger partial charge on any atom is 0.260 e. The minimum atomic E-state index is -0.119. The first-order valence-corrected chi connectivity index (χ1v) is 9.06. The van der Waals surface area contributed by atoms with Gasteiger partial charge in [-0.1, -0.05) is 30.3 Å². The highest BCUT2D eigenvalue weighted by Gasteiger charge is 2.13. The molecule has 0 bridgehead atoms. The van der Waals surface area contributed by atoms with Crippen molar-refractivity contribution in [3.63, 3.8) is 0 Å². The Kier molecular flexibility index (Phi) is 4.41. The third-order valence-corrected chi connectivity index (χ3v) is 5.00. The summed E-state index contributed by atoms with van der Waals surface area (Å²) in [6.45, 7) is 0.463. The molecule has 0 saturated carbocycles. The van der Waals surface area contributed by atoms with Gasteiger partial charge in [-0.2, -0.15) is 0 Å². The lowest BCUT2D eigenvalue weighted by molar-refractivity contribution is 0.415. The quantitative estimate of drug-likeness (QED) is 0.556. The van der Waals surface area contributed by atoms with E-state index in [9.17, 15) is 4.79 Å². The van der Waals surface area contributed by atoms with Gasteiger partial charge in [-0.25, -0.2) is 4.98 Å². The van der Waals surface area contributed by atoms with Crippen molar-refractivity contribution in [1.29, 1.82) is 0 Å². The Bertz CT molecular complexity index is 1090. The SMILES string of the molecule is COc1ccc(-c2csc3nc(CNc4ccccc4)[nH]c(=O)c23)cc1. The fourth-order valence-electron chi connectivity index (χ4n) is 2.80. The lowest BCUT2D eigenvalue weighted by atomic mass is 10.1. The van der Waals surface area contributed by atoms with Gasteiger partial charge >= 0.3 is 0 Å². The molecule has 2 aromatic carbocycles. The van der Waals surface area contributed by atoms with Gasteiger partial charge in [-0.15, -0.1) is 11.3 Å². The number of rotatable bonds is 5. The molecule has 0 atom stereocenters. The zero-order valence-electron chi connectivity index (χ0n) is 14.2. The Morgan fingerprint density at radius 2 is 1.88 bits per heavy atom. The summed E-state index contributed by atoms with van der Waals surface area (Å²) >= 11 is 1.48. The number of nitrogens with zero attached hydrogens (tertiary/aromatic N) is 1. The monoisotopic (exact) mass is 363 g/mol. The average molecular weight is 363 g/mol. The van der Waals surface area contributed by atoms with Crippen molar-refractivity contribution < 1.29 is 4.74 Å². The Labute approximate surface area is 154 Å². The van der Waals surface area contributed by atoms with E-state index in [-0.39, 0.29) is 5.56 Å². The molecule has 0 fully saturated rings. The van der Waals surface area contributed by atoms with Gasteiger partial charge in [0.15, 0.2) is 0 Å². The maximum atomic E-state index is 12.6. The van der Waals surface area contributed by atoms with Crippen LogP contribution < -0.4 is 15.6 Å². The molecular weight excluding hydrogens is 346 g/mol. The minimum absolute atomic E-state index is 0.119. The molecule has 4 rings (SSSR count). The highest BCUT2D eigenvalue weighted by atomic mass is 32.1. The number of para-hydroxylation sites is 1. The van der Waals surface area contributed by atoms with Crippen LogP contribution in [0.5, 0.6) is 5.75 Å². The Morgan fingerprint density at radius 3 is 2.62 bits per heavy atom. The van der Waals surface area contributed by atoms with Crippen molar-refractivity contribution in [3.05, 3.63) is 76.2 Å². The van der Waals surface area contributed by atoms with E-state index >= 15 is 0 Å². The number of hydrogen-bond acceptors (Lipinski definition) is 5. The van der Waals surface area contributed by atoms with Gasteiger partial charge in [-0.05, 0) is 29.8 Å². The Morgan fingerprint density at radius 1 is 1.12 bits per heavy atom. The zero-order valence-corrected chi connectivity index (χ0v) is 15.0. The summed E-state index contributed by atoms with van der Waals surface area (Å²) in [6.07, 6.45) is 0. The van der Waals surface area contributed by atoms with E-state index in [1.165, 1.54) is 11.3 Å². The number of hydrogen-bond donors (Lipinski definition) is 2. The molecular formula is C20H17N3O2S. The highest BCUT2D eigenvalue weighted by molar-refractivity contribution is 7.17. The number of H-pyrrole nitrogens is 1. The zero-order chi connectivity index (χ0) is 17.9. The molecule has 2 heterocycles. The molecule has 0 unspecified atom stereocenters. The molecule has 6 heteroatoms. The normalized spacial score (nSPS) is 10.8. The van der Waals surface area contributed by atoms with Gasteiger partial charge in [-0.3, -0.25) is 4.79 Å². The molecule has 4 aromatic rings. The number of methoxy groups -OCH3 is 1. The fourth-order valence-corrected chi connectivity index (χ4v) is 3.77. The fraction of sp³-hybridized carbons (Fsp3) is 0.100.